The quantitative estimate of drug-likeness (QED) is 0.772. The van der Waals surface area contributed by atoms with Crippen molar-refractivity contribution in [3.05, 3.63) is 51.0 Å². The van der Waals surface area contributed by atoms with Crippen molar-refractivity contribution in [1.29, 1.82) is 0 Å². The molecule has 7 heteroatoms. The summed E-state index contributed by atoms with van der Waals surface area (Å²) in [5.74, 6) is 0.438. The van der Waals surface area contributed by atoms with Gasteiger partial charge in [-0.25, -0.2) is 0 Å². The van der Waals surface area contributed by atoms with Crippen molar-refractivity contribution in [1.82, 2.24) is 0 Å². The number of carbonyl (C=O) groups is 1. The highest BCUT2D eigenvalue weighted by Gasteiger charge is 2.16. The van der Waals surface area contributed by atoms with Crippen LogP contribution in [0.4, 0.5) is 5.69 Å². The van der Waals surface area contributed by atoms with Gasteiger partial charge in [-0.2, -0.15) is 0 Å². The highest BCUT2D eigenvalue weighted by molar-refractivity contribution is 6.42. The van der Waals surface area contributed by atoms with Crippen LogP contribution in [-0.4, -0.2) is 19.6 Å². The van der Waals surface area contributed by atoms with Crippen LogP contribution in [0.25, 0.3) is 0 Å². The van der Waals surface area contributed by atoms with Gasteiger partial charge in [0.1, 0.15) is 0 Å². The summed E-state index contributed by atoms with van der Waals surface area (Å²) < 4.78 is 10.6. The van der Waals surface area contributed by atoms with Crippen molar-refractivity contribution in [2.24, 2.45) is 0 Å². The fourth-order valence-corrected chi connectivity index (χ4v) is 2.48. The first kappa shape index (κ1) is 17.7. The molecule has 0 aliphatic carbocycles. The standard InChI is InChI=1S/C16H14Cl3NO3/c1-3-23-15-13(19)6-9(7-14(15)22-2)16(21)20-10-4-5-11(17)12(18)8-10/h4-8H,3H2,1-2H3,(H,20,21). The molecule has 0 bridgehead atoms. The van der Waals surface area contributed by atoms with Gasteiger partial charge in [0.25, 0.3) is 5.91 Å². The Morgan fingerprint density at radius 1 is 1.09 bits per heavy atom. The maximum atomic E-state index is 12.4. The molecule has 0 saturated carbocycles. The lowest BCUT2D eigenvalue weighted by Gasteiger charge is -2.13. The molecular weight excluding hydrogens is 361 g/mol. The van der Waals surface area contributed by atoms with Crippen molar-refractivity contribution >= 4 is 46.4 Å². The number of amides is 1. The molecule has 0 aromatic heterocycles. The molecule has 1 N–H and O–H groups in total. The van der Waals surface area contributed by atoms with E-state index >= 15 is 0 Å². The summed E-state index contributed by atoms with van der Waals surface area (Å²) in [5, 5.41) is 3.78. The Morgan fingerprint density at radius 2 is 1.83 bits per heavy atom. The Bertz CT molecular complexity index is 735. The Morgan fingerprint density at radius 3 is 2.43 bits per heavy atom. The Balaban J connectivity index is 2.28. The topological polar surface area (TPSA) is 47.6 Å². The third-order valence-electron chi connectivity index (χ3n) is 2.96. The van der Waals surface area contributed by atoms with E-state index in [4.69, 9.17) is 44.3 Å². The molecule has 0 aliphatic rings. The van der Waals surface area contributed by atoms with Crippen LogP contribution in [0.2, 0.25) is 15.1 Å². The second kappa shape index (κ2) is 7.77. The van der Waals surface area contributed by atoms with E-state index < -0.39 is 0 Å². The van der Waals surface area contributed by atoms with Crippen molar-refractivity contribution in [3.63, 3.8) is 0 Å². The average Bonchev–Trinajstić information content (AvgIpc) is 2.52. The summed E-state index contributed by atoms with van der Waals surface area (Å²) in [6.45, 7) is 2.27. The summed E-state index contributed by atoms with van der Waals surface area (Å²) in [5.41, 5.74) is 0.856. The van der Waals surface area contributed by atoms with Gasteiger partial charge in [0.15, 0.2) is 11.5 Å². The fraction of sp³-hybridized carbons (Fsp3) is 0.188. The number of halogens is 3. The van der Waals surface area contributed by atoms with Crippen LogP contribution in [0.5, 0.6) is 11.5 Å². The van der Waals surface area contributed by atoms with E-state index in [9.17, 15) is 4.79 Å². The Labute approximate surface area is 149 Å². The SMILES string of the molecule is CCOc1c(Cl)cc(C(=O)Nc2ccc(Cl)c(Cl)c2)cc1OC. The molecule has 0 heterocycles. The summed E-state index contributed by atoms with van der Waals surface area (Å²) >= 11 is 17.9. The van der Waals surface area contributed by atoms with Crippen LogP contribution < -0.4 is 14.8 Å². The predicted octanol–water partition coefficient (Wildman–Crippen LogP) is 5.31. The number of nitrogens with one attached hydrogen (secondary N) is 1. The van der Waals surface area contributed by atoms with Gasteiger partial charge < -0.3 is 14.8 Å². The number of hydrogen-bond donors (Lipinski definition) is 1. The summed E-state index contributed by atoms with van der Waals surface area (Å²) in [6.07, 6.45) is 0. The van der Waals surface area contributed by atoms with E-state index in [-0.39, 0.29) is 5.91 Å². The zero-order valence-corrected chi connectivity index (χ0v) is 14.7. The number of rotatable bonds is 5. The van der Waals surface area contributed by atoms with E-state index in [0.29, 0.717) is 44.4 Å². The molecule has 0 radical (unpaired) electrons. The van der Waals surface area contributed by atoms with Crippen LogP contribution in [-0.2, 0) is 0 Å². The Hall–Kier alpha value is -1.62. The third kappa shape index (κ3) is 4.22. The molecule has 4 nitrogen and oxygen atoms in total. The van der Waals surface area contributed by atoms with Gasteiger partial charge in [-0.05, 0) is 37.3 Å². The molecule has 0 unspecified atom stereocenters. The highest BCUT2D eigenvalue weighted by atomic mass is 35.5. The molecule has 0 atom stereocenters. The summed E-state index contributed by atoms with van der Waals surface area (Å²) in [4.78, 5) is 12.4. The van der Waals surface area contributed by atoms with Crippen LogP contribution in [0, 0.1) is 0 Å². The largest absolute Gasteiger partial charge is 0.493 e. The molecule has 2 rings (SSSR count). The van der Waals surface area contributed by atoms with Gasteiger partial charge in [-0.3, -0.25) is 4.79 Å². The maximum absolute atomic E-state index is 12.4. The van der Waals surface area contributed by atoms with Gasteiger partial charge in [0.2, 0.25) is 0 Å². The zero-order valence-electron chi connectivity index (χ0n) is 12.5. The minimum absolute atomic E-state index is 0.297. The number of anilines is 1. The number of benzene rings is 2. The first-order chi connectivity index (χ1) is 11.0. The van der Waals surface area contributed by atoms with Gasteiger partial charge in [0.05, 0.1) is 28.8 Å². The minimum atomic E-state index is -0.355. The van der Waals surface area contributed by atoms with Crippen LogP contribution in [0.3, 0.4) is 0 Å². The molecule has 0 aliphatic heterocycles. The molecule has 2 aromatic rings. The minimum Gasteiger partial charge on any atom is -0.493 e. The average molecular weight is 375 g/mol. The molecule has 23 heavy (non-hydrogen) atoms. The second-order valence-electron chi connectivity index (χ2n) is 4.51. The maximum Gasteiger partial charge on any atom is 0.255 e. The van der Waals surface area contributed by atoms with Gasteiger partial charge in [0, 0.05) is 11.3 Å². The molecule has 2 aromatic carbocycles. The Kier molecular flexibility index (Phi) is 5.99. The summed E-state index contributed by atoms with van der Waals surface area (Å²) in [7, 11) is 1.48. The third-order valence-corrected chi connectivity index (χ3v) is 3.98. The van der Waals surface area contributed by atoms with E-state index in [1.807, 2.05) is 6.92 Å². The first-order valence-electron chi connectivity index (χ1n) is 6.73. The molecule has 122 valence electrons. The molecule has 0 spiro atoms. The van der Waals surface area contributed by atoms with Gasteiger partial charge in [-0.15, -0.1) is 0 Å². The zero-order chi connectivity index (χ0) is 17.0. The lowest BCUT2D eigenvalue weighted by molar-refractivity contribution is 0.102. The highest BCUT2D eigenvalue weighted by Crippen LogP contribution is 2.36. The van der Waals surface area contributed by atoms with Crippen molar-refractivity contribution in [2.45, 2.75) is 6.92 Å². The molecular formula is C16H14Cl3NO3. The van der Waals surface area contributed by atoms with E-state index in [2.05, 4.69) is 5.32 Å². The summed E-state index contributed by atoms with van der Waals surface area (Å²) in [6, 6.07) is 7.89. The van der Waals surface area contributed by atoms with Crippen molar-refractivity contribution in [2.75, 3.05) is 19.0 Å². The van der Waals surface area contributed by atoms with E-state index in [1.54, 1.807) is 24.3 Å². The van der Waals surface area contributed by atoms with Crippen LogP contribution in [0.1, 0.15) is 17.3 Å². The first-order valence-corrected chi connectivity index (χ1v) is 7.86. The van der Waals surface area contributed by atoms with E-state index in [1.165, 1.54) is 13.2 Å². The second-order valence-corrected chi connectivity index (χ2v) is 5.73. The van der Waals surface area contributed by atoms with Gasteiger partial charge in [-0.1, -0.05) is 34.8 Å². The van der Waals surface area contributed by atoms with E-state index in [0.717, 1.165) is 0 Å². The number of methoxy groups -OCH3 is 1. The predicted molar refractivity (Wildman–Crippen MR) is 93.6 cm³/mol. The number of carbonyl (C=O) groups excluding carboxylic acids is 1. The fourth-order valence-electron chi connectivity index (χ4n) is 1.91. The van der Waals surface area contributed by atoms with Crippen LogP contribution in [0.15, 0.2) is 30.3 Å². The normalized spacial score (nSPS) is 10.3. The van der Waals surface area contributed by atoms with Crippen LogP contribution >= 0.6 is 34.8 Å². The van der Waals surface area contributed by atoms with Crippen molar-refractivity contribution in [3.8, 4) is 11.5 Å². The lowest BCUT2D eigenvalue weighted by Crippen LogP contribution is -2.12. The molecule has 0 saturated heterocycles. The number of ether oxygens (including phenoxy) is 2. The lowest BCUT2D eigenvalue weighted by atomic mass is 10.1. The van der Waals surface area contributed by atoms with Gasteiger partial charge >= 0.3 is 0 Å². The smallest absolute Gasteiger partial charge is 0.255 e. The monoisotopic (exact) mass is 373 g/mol. The molecule has 1 amide bonds. The van der Waals surface area contributed by atoms with Crippen molar-refractivity contribution < 1.29 is 14.3 Å². The molecule has 0 fully saturated rings. The number of hydrogen-bond acceptors (Lipinski definition) is 3.